The quantitative estimate of drug-likeness (QED) is 0.694. The molecule has 0 spiro atoms. The van der Waals surface area contributed by atoms with Crippen molar-refractivity contribution in [1.29, 1.82) is 0 Å². The number of hydrogen-bond acceptors (Lipinski definition) is 1. The van der Waals surface area contributed by atoms with Gasteiger partial charge in [0, 0.05) is 23.7 Å². The first-order chi connectivity index (χ1) is 6.58. The molecule has 14 heavy (non-hydrogen) atoms. The fraction of sp³-hybridized carbons (Fsp3) is 0.583. The highest BCUT2D eigenvalue weighted by molar-refractivity contribution is 6.20. The molecule has 0 aliphatic heterocycles. The minimum atomic E-state index is 0.213. The Morgan fingerprint density at radius 1 is 1.36 bits per heavy atom. The second kappa shape index (κ2) is 5.35. The lowest BCUT2D eigenvalue weighted by Crippen LogP contribution is -2.08. The molecule has 0 saturated carbocycles. The van der Waals surface area contributed by atoms with Gasteiger partial charge in [-0.05, 0) is 30.9 Å². The molecular weight excluding hydrogens is 194 g/mol. The van der Waals surface area contributed by atoms with E-state index in [9.17, 15) is 0 Å². The first kappa shape index (κ1) is 11.5. The van der Waals surface area contributed by atoms with Gasteiger partial charge in [-0.25, -0.2) is 0 Å². The molecule has 0 aliphatic carbocycles. The molecule has 1 atom stereocenters. The van der Waals surface area contributed by atoms with Crippen LogP contribution in [0.4, 0.5) is 0 Å². The number of hydrogen-bond donors (Lipinski definition) is 0. The maximum atomic E-state index is 6.21. The van der Waals surface area contributed by atoms with Crippen molar-refractivity contribution in [2.24, 2.45) is 5.92 Å². The first-order valence-electron chi connectivity index (χ1n) is 5.13. The zero-order valence-electron chi connectivity index (χ0n) is 9.13. The lowest BCUT2D eigenvalue weighted by atomic mass is 10.0. The monoisotopic (exact) mass is 211 g/mol. The van der Waals surface area contributed by atoms with Crippen molar-refractivity contribution in [3.63, 3.8) is 0 Å². The summed E-state index contributed by atoms with van der Waals surface area (Å²) in [5.41, 5.74) is 2.29. The number of halogens is 1. The van der Waals surface area contributed by atoms with E-state index in [0.717, 1.165) is 18.5 Å². The normalized spacial score (nSPS) is 13.2. The molecule has 0 saturated heterocycles. The van der Waals surface area contributed by atoms with Crippen LogP contribution < -0.4 is 0 Å². The summed E-state index contributed by atoms with van der Waals surface area (Å²) in [4.78, 5) is 4.34. The van der Waals surface area contributed by atoms with Gasteiger partial charge in [-0.2, -0.15) is 0 Å². The molecule has 0 aromatic carbocycles. The van der Waals surface area contributed by atoms with Crippen molar-refractivity contribution in [3.8, 4) is 0 Å². The van der Waals surface area contributed by atoms with Gasteiger partial charge in [0.05, 0.1) is 0 Å². The highest BCUT2D eigenvalue weighted by Crippen LogP contribution is 2.15. The molecule has 1 rings (SSSR count). The first-order valence-corrected chi connectivity index (χ1v) is 5.57. The van der Waals surface area contributed by atoms with E-state index in [0.29, 0.717) is 5.92 Å². The average Bonchev–Trinajstić information content (AvgIpc) is 2.07. The van der Waals surface area contributed by atoms with Crippen LogP contribution in [0.1, 0.15) is 31.5 Å². The van der Waals surface area contributed by atoms with Crippen LogP contribution in [0.25, 0.3) is 0 Å². The van der Waals surface area contributed by atoms with Gasteiger partial charge >= 0.3 is 0 Å². The standard InChI is InChI=1S/C12H18ClN/c1-9(2)6-11(13)7-12-5-4-10(3)8-14-12/h4-5,8-9,11H,6-7H2,1-3H3. The van der Waals surface area contributed by atoms with E-state index in [4.69, 9.17) is 11.6 Å². The Bertz CT molecular complexity index is 266. The minimum absolute atomic E-state index is 0.213. The summed E-state index contributed by atoms with van der Waals surface area (Å²) in [5, 5.41) is 0.213. The fourth-order valence-electron chi connectivity index (χ4n) is 1.44. The molecule has 0 bridgehead atoms. The molecule has 1 aromatic heterocycles. The number of alkyl halides is 1. The van der Waals surface area contributed by atoms with E-state index in [-0.39, 0.29) is 5.38 Å². The van der Waals surface area contributed by atoms with E-state index in [2.05, 4.69) is 31.0 Å². The molecule has 0 fully saturated rings. The summed E-state index contributed by atoms with van der Waals surface area (Å²) < 4.78 is 0. The highest BCUT2D eigenvalue weighted by atomic mass is 35.5. The molecule has 2 heteroatoms. The second-order valence-corrected chi connectivity index (χ2v) is 4.88. The van der Waals surface area contributed by atoms with E-state index in [1.165, 1.54) is 5.56 Å². The second-order valence-electron chi connectivity index (χ2n) is 4.26. The van der Waals surface area contributed by atoms with Crippen molar-refractivity contribution < 1.29 is 0 Å². The molecule has 0 aliphatic rings. The Balaban J connectivity index is 2.47. The summed E-state index contributed by atoms with van der Waals surface area (Å²) in [7, 11) is 0. The van der Waals surface area contributed by atoms with Crippen molar-refractivity contribution in [3.05, 3.63) is 29.6 Å². The molecule has 1 unspecified atom stereocenters. The van der Waals surface area contributed by atoms with Crippen LogP contribution in [0, 0.1) is 12.8 Å². The summed E-state index contributed by atoms with van der Waals surface area (Å²) in [5.74, 6) is 0.656. The summed E-state index contributed by atoms with van der Waals surface area (Å²) >= 11 is 6.21. The largest absolute Gasteiger partial charge is 0.261 e. The van der Waals surface area contributed by atoms with Crippen LogP contribution in [-0.4, -0.2) is 10.4 Å². The number of rotatable bonds is 4. The SMILES string of the molecule is Cc1ccc(CC(Cl)CC(C)C)nc1. The van der Waals surface area contributed by atoms with Gasteiger partial charge in [0.2, 0.25) is 0 Å². The van der Waals surface area contributed by atoms with E-state index >= 15 is 0 Å². The molecule has 0 amide bonds. The van der Waals surface area contributed by atoms with Gasteiger partial charge < -0.3 is 0 Å². The smallest absolute Gasteiger partial charge is 0.0418 e. The van der Waals surface area contributed by atoms with E-state index in [1.54, 1.807) is 0 Å². The molecule has 78 valence electrons. The maximum Gasteiger partial charge on any atom is 0.0418 e. The van der Waals surface area contributed by atoms with Gasteiger partial charge in [0.15, 0.2) is 0 Å². The number of aromatic nitrogens is 1. The number of nitrogens with zero attached hydrogens (tertiary/aromatic N) is 1. The summed E-state index contributed by atoms with van der Waals surface area (Å²) in [6.45, 7) is 6.43. The maximum absolute atomic E-state index is 6.21. The average molecular weight is 212 g/mol. The Morgan fingerprint density at radius 2 is 2.07 bits per heavy atom. The van der Waals surface area contributed by atoms with Gasteiger partial charge in [0.1, 0.15) is 0 Å². The molecule has 0 radical (unpaired) electrons. The van der Waals surface area contributed by atoms with Gasteiger partial charge in [-0.3, -0.25) is 4.98 Å². The minimum Gasteiger partial charge on any atom is -0.261 e. The predicted octanol–water partition coefficient (Wildman–Crippen LogP) is 3.59. The van der Waals surface area contributed by atoms with Crippen molar-refractivity contribution >= 4 is 11.6 Å². The molecule has 1 heterocycles. The van der Waals surface area contributed by atoms with Gasteiger partial charge in [-0.15, -0.1) is 11.6 Å². The Morgan fingerprint density at radius 3 is 2.57 bits per heavy atom. The van der Waals surface area contributed by atoms with Crippen LogP contribution in [0.5, 0.6) is 0 Å². The Hall–Kier alpha value is -0.560. The predicted molar refractivity (Wildman–Crippen MR) is 61.8 cm³/mol. The topological polar surface area (TPSA) is 12.9 Å². The molecular formula is C12H18ClN. The zero-order valence-corrected chi connectivity index (χ0v) is 9.88. The van der Waals surface area contributed by atoms with E-state index < -0.39 is 0 Å². The number of aryl methyl sites for hydroxylation is 1. The Kier molecular flexibility index (Phi) is 4.40. The van der Waals surface area contributed by atoms with Gasteiger partial charge in [0.25, 0.3) is 0 Å². The van der Waals surface area contributed by atoms with Crippen molar-refractivity contribution in [2.75, 3.05) is 0 Å². The number of pyridine rings is 1. The van der Waals surface area contributed by atoms with Crippen molar-refractivity contribution in [2.45, 2.75) is 39.0 Å². The molecule has 1 aromatic rings. The zero-order chi connectivity index (χ0) is 10.6. The Labute approximate surface area is 91.5 Å². The van der Waals surface area contributed by atoms with Crippen LogP contribution in [0.2, 0.25) is 0 Å². The van der Waals surface area contributed by atoms with E-state index in [1.807, 2.05) is 13.1 Å². The van der Waals surface area contributed by atoms with Crippen LogP contribution in [0.15, 0.2) is 18.3 Å². The lowest BCUT2D eigenvalue weighted by molar-refractivity contribution is 0.559. The van der Waals surface area contributed by atoms with Gasteiger partial charge in [-0.1, -0.05) is 19.9 Å². The van der Waals surface area contributed by atoms with Crippen molar-refractivity contribution in [1.82, 2.24) is 4.98 Å². The lowest BCUT2D eigenvalue weighted by Gasteiger charge is -2.11. The third-order valence-electron chi connectivity index (χ3n) is 2.13. The fourth-order valence-corrected chi connectivity index (χ4v) is 1.96. The highest BCUT2D eigenvalue weighted by Gasteiger charge is 2.08. The summed E-state index contributed by atoms with van der Waals surface area (Å²) in [6, 6.07) is 4.15. The third-order valence-corrected chi connectivity index (χ3v) is 2.46. The summed E-state index contributed by atoms with van der Waals surface area (Å²) in [6.07, 6.45) is 3.82. The molecule has 0 N–H and O–H groups in total. The van der Waals surface area contributed by atoms with Crippen LogP contribution in [0.3, 0.4) is 0 Å². The molecule has 1 nitrogen and oxygen atoms in total. The van der Waals surface area contributed by atoms with Crippen LogP contribution in [-0.2, 0) is 6.42 Å². The third kappa shape index (κ3) is 4.10. The van der Waals surface area contributed by atoms with Crippen LogP contribution >= 0.6 is 11.6 Å².